The second kappa shape index (κ2) is 6.51. The third-order valence-corrected chi connectivity index (χ3v) is 3.18. The molecular weight excluding hydrogens is 232 g/mol. The number of aromatic amines is 1. The molecule has 0 aliphatic carbocycles. The molecule has 6 nitrogen and oxygen atoms in total. The van der Waals surface area contributed by atoms with Crippen molar-refractivity contribution in [1.82, 2.24) is 20.6 Å². The van der Waals surface area contributed by atoms with E-state index in [9.17, 15) is 4.79 Å². The molecule has 0 saturated carbocycles. The van der Waals surface area contributed by atoms with Crippen molar-refractivity contribution in [2.75, 3.05) is 13.2 Å². The van der Waals surface area contributed by atoms with Gasteiger partial charge >= 0.3 is 0 Å². The molecule has 0 fully saturated rings. The van der Waals surface area contributed by atoms with Gasteiger partial charge in [-0.25, -0.2) is 4.98 Å². The smallest absolute Gasteiger partial charge is 0.237 e. The number of unbranched alkanes of at least 4 members (excludes halogenated alkanes) is 2. The first kappa shape index (κ1) is 13.0. The summed E-state index contributed by atoms with van der Waals surface area (Å²) in [5.41, 5.74) is 2.05. The molecule has 1 aliphatic rings. The minimum Gasteiger partial charge on any atom is -0.396 e. The minimum absolute atomic E-state index is 0.0349. The fourth-order valence-corrected chi connectivity index (χ4v) is 2.10. The van der Waals surface area contributed by atoms with Crippen LogP contribution in [-0.4, -0.2) is 40.2 Å². The molecule has 1 unspecified atom stereocenters. The van der Waals surface area contributed by atoms with Crippen molar-refractivity contribution in [3.05, 3.63) is 17.7 Å². The molecule has 0 saturated heterocycles. The first-order valence-corrected chi connectivity index (χ1v) is 6.44. The number of nitrogens with zero attached hydrogens (tertiary/aromatic N) is 1. The first-order valence-electron chi connectivity index (χ1n) is 6.44. The number of amides is 1. The average Bonchev–Trinajstić information content (AvgIpc) is 2.85. The zero-order valence-electron chi connectivity index (χ0n) is 10.4. The van der Waals surface area contributed by atoms with Gasteiger partial charge in [-0.2, -0.15) is 0 Å². The maximum Gasteiger partial charge on any atom is 0.237 e. The van der Waals surface area contributed by atoms with Gasteiger partial charge in [-0.05, 0) is 19.3 Å². The molecule has 1 aromatic heterocycles. The Bertz CT molecular complexity index is 391. The summed E-state index contributed by atoms with van der Waals surface area (Å²) < 4.78 is 0. The number of aromatic nitrogens is 2. The van der Waals surface area contributed by atoms with Gasteiger partial charge in [0.2, 0.25) is 5.91 Å². The van der Waals surface area contributed by atoms with E-state index < -0.39 is 0 Å². The molecule has 100 valence electrons. The number of aliphatic hydroxyl groups is 1. The Morgan fingerprint density at radius 1 is 1.50 bits per heavy atom. The van der Waals surface area contributed by atoms with Crippen LogP contribution in [-0.2, 0) is 17.8 Å². The number of fused-ring (bicyclic) bond motifs is 1. The predicted molar refractivity (Wildman–Crippen MR) is 66.9 cm³/mol. The summed E-state index contributed by atoms with van der Waals surface area (Å²) in [4.78, 5) is 19.2. The van der Waals surface area contributed by atoms with Crippen LogP contribution < -0.4 is 10.6 Å². The van der Waals surface area contributed by atoms with E-state index in [1.807, 2.05) is 0 Å². The number of carbonyl (C=O) groups is 1. The number of carbonyl (C=O) groups excluding carboxylic acids is 1. The van der Waals surface area contributed by atoms with Gasteiger partial charge in [-0.1, -0.05) is 0 Å². The zero-order valence-corrected chi connectivity index (χ0v) is 10.4. The molecule has 0 spiro atoms. The van der Waals surface area contributed by atoms with Gasteiger partial charge in [-0.3, -0.25) is 10.1 Å². The second-order valence-corrected chi connectivity index (χ2v) is 4.54. The Hall–Kier alpha value is -1.40. The Kier molecular flexibility index (Phi) is 4.72. The molecule has 0 bridgehead atoms. The maximum atomic E-state index is 11.9. The molecule has 1 aromatic rings. The molecule has 4 N–H and O–H groups in total. The van der Waals surface area contributed by atoms with Crippen LogP contribution in [0.25, 0.3) is 0 Å². The van der Waals surface area contributed by atoms with Crippen molar-refractivity contribution in [3.63, 3.8) is 0 Å². The van der Waals surface area contributed by atoms with Gasteiger partial charge in [0, 0.05) is 26.1 Å². The summed E-state index contributed by atoms with van der Waals surface area (Å²) in [5.74, 6) is 0.0349. The SMILES string of the molecule is O=C(NCCCCCO)C1Cc2nc[nH]c2CN1. The van der Waals surface area contributed by atoms with Gasteiger partial charge in [0.25, 0.3) is 0 Å². The number of hydrogen-bond donors (Lipinski definition) is 4. The lowest BCUT2D eigenvalue weighted by molar-refractivity contribution is -0.123. The van der Waals surface area contributed by atoms with E-state index in [4.69, 9.17) is 5.11 Å². The second-order valence-electron chi connectivity index (χ2n) is 4.54. The van der Waals surface area contributed by atoms with Crippen LogP contribution in [0.15, 0.2) is 6.33 Å². The van der Waals surface area contributed by atoms with Crippen molar-refractivity contribution in [2.45, 2.75) is 38.3 Å². The normalized spacial score (nSPS) is 18.4. The van der Waals surface area contributed by atoms with Gasteiger partial charge < -0.3 is 15.4 Å². The van der Waals surface area contributed by atoms with E-state index in [2.05, 4.69) is 20.6 Å². The molecule has 1 aliphatic heterocycles. The lowest BCUT2D eigenvalue weighted by Crippen LogP contribution is -2.47. The predicted octanol–water partition coefficient (Wildman–Crippen LogP) is -0.297. The Labute approximate surface area is 106 Å². The summed E-state index contributed by atoms with van der Waals surface area (Å²) in [5, 5.41) is 14.7. The Morgan fingerprint density at radius 3 is 3.22 bits per heavy atom. The Morgan fingerprint density at radius 2 is 2.39 bits per heavy atom. The van der Waals surface area contributed by atoms with E-state index in [1.54, 1.807) is 6.33 Å². The highest BCUT2D eigenvalue weighted by molar-refractivity contribution is 5.82. The van der Waals surface area contributed by atoms with Crippen LogP contribution in [0.2, 0.25) is 0 Å². The van der Waals surface area contributed by atoms with E-state index in [0.717, 1.165) is 30.7 Å². The topological polar surface area (TPSA) is 90.0 Å². The summed E-state index contributed by atoms with van der Waals surface area (Å²) in [6, 6.07) is -0.182. The van der Waals surface area contributed by atoms with E-state index >= 15 is 0 Å². The highest BCUT2D eigenvalue weighted by Gasteiger charge is 2.25. The van der Waals surface area contributed by atoms with Crippen LogP contribution >= 0.6 is 0 Å². The van der Waals surface area contributed by atoms with E-state index in [1.165, 1.54) is 0 Å². The number of nitrogens with one attached hydrogen (secondary N) is 3. The molecule has 1 amide bonds. The molecule has 2 heterocycles. The highest BCUT2D eigenvalue weighted by atomic mass is 16.2. The van der Waals surface area contributed by atoms with Crippen LogP contribution in [0, 0.1) is 0 Å². The van der Waals surface area contributed by atoms with Gasteiger partial charge in [-0.15, -0.1) is 0 Å². The Balaban J connectivity index is 1.71. The quantitative estimate of drug-likeness (QED) is 0.523. The number of hydrogen-bond acceptors (Lipinski definition) is 4. The van der Waals surface area contributed by atoms with Crippen LogP contribution in [0.1, 0.15) is 30.7 Å². The highest BCUT2D eigenvalue weighted by Crippen LogP contribution is 2.11. The van der Waals surface area contributed by atoms with Gasteiger partial charge in [0.1, 0.15) is 0 Å². The summed E-state index contributed by atoms with van der Waals surface area (Å²) in [6.07, 6.45) is 4.96. The molecule has 0 aromatic carbocycles. The third kappa shape index (κ3) is 3.30. The number of aliphatic hydroxyl groups excluding tert-OH is 1. The number of imidazole rings is 1. The van der Waals surface area contributed by atoms with Gasteiger partial charge in [0.05, 0.1) is 23.8 Å². The van der Waals surface area contributed by atoms with Gasteiger partial charge in [0.15, 0.2) is 0 Å². The van der Waals surface area contributed by atoms with Crippen LogP contribution in [0.5, 0.6) is 0 Å². The molecule has 2 rings (SSSR count). The zero-order chi connectivity index (χ0) is 12.8. The molecular formula is C12H20N4O2. The van der Waals surface area contributed by atoms with Crippen molar-refractivity contribution in [3.8, 4) is 0 Å². The average molecular weight is 252 g/mol. The fourth-order valence-electron chi connectivity index (χ4n) is 2.10. The third-order valence-electron chi connectivity index (χ3n) is 3.18. The lowest BCUT2D eigenvalue weighted by Gasteiger charge is -2.22. The molecule has 0 radical (unpaired) electrons. The van der Waals surface area contributed by atoms with E-state index in [0.29, 0.717) is 19.5 Å². The molecule has 6 heteroatoms. The summed E-state index contributed by atoms with van der Waals surface area (Å²) in [6.45, 7) is 1.56. The molecule has 18 heavy (non-hydrogen) atoms. The van der Waals surface area contributed by atoms with Crippen LogP contribution in [0.4, 0.5) is 0 Å². The van der Waals surface area contributed by atoms with Crippen LogP contribution in [0.3, 0.4) is 0 Å². The number of rotatable bonds is 6. The first-order chi connectivity index (χ1) is 8.81. The van der Waals surface area contributed by atoms with Crippen molar-refractivity contribution in [1.29, 1.82) is 0 Å². The fraction of sp³-hybridized carbons (Fsp3) is 0.667. The van der Waals surface area contributed by atoms with Crippen molar-refractivity contribution in [2.24, 2.45) is 0 Å². The largest absolute Gasteiger partial charge is 0.396 e. The maximum absolute atomic E-state index is 11.9. The number of H-pyrrole nitrogens is 1. The van der Waals surface area contributed by atoms with E-state index in [-0.39, 0.29) is 18.6 Å². The lowest BCUT2D eigenvalue weighted by atomic mass is 10.0. The summed E-state index contributed by atoms with van der Waals surface area (Å²) in [7, 11) is 0. The van der Waals surface area contributed by atoms with Crippen molar-refractivity contribution >= 4 is 5.91 Å². The van der Waals surface area contributed by atoms with Crippen molar-refractivity contribution < 1.29 is 9.90 Å². The monoisotopic (exact) mass is 252 g/mol. The standard InChI is InChI=1S/C12H20N4O2/c17-5-3-1-2-4-13-12(18)10-6-9-11(7-14-10)16-8-15-9/h8,10,14,17H,1-7H2,(H,13,18)(H,15,16). The summed E-state index contributed by atoms with van der Waals surface area (Å²) >= 11 is 0. The minimum atomic E-state index is -0.182. The molecule has 1 atom stereocenters.